The SMILES string of the molecule is Cc1ccc(F)c(-n2c(CCl)nc3cc(C)ccc32)c1. The number of aromatic nitrogens is 2. The fourth-order valence-corrected chi connectivity index (χ4v) is 2.57. The highest BCUT2D eigenvalue weighted by Gasteiger charge is 2.15. The Labute approximate surface area is 121 Å². The molecule has 1 heterocycles. The number of imidazole rings is 1. The molecule has 0 N–H and O–H groups in total. The molecule has 0 spiro atoms. The van der Waals surface area contributed by atoms with E-state index in [0.717, 1.165) is 22.2 Å². The van der Waals surface area contributed by atoms with Gasteiger partial charge in [0.15, 0.2) is 0 Å². The van der Waals surface area contributed by atoms with Crippen LogP contribution in [0.25, 0.3) is 16.7 Å². The summed E-state index contributed by atoms with van der Waals surface area (Å²) in [6, 6.07) is 11.0. The van der Waals surface area contributed by atoms with Crippen LogP contribution in [0.15, 0.2) is 36.4 Å². The van der Waals surface area contributed by atoms with Crippen LogP contribution in [-0.2, 0) is 5.88 Å². The molecule has 0 bridgehead atoms. The Hall–Kier alpha value is -1.87. The lowest BCUT2D eigenvalue weighted by Gasteiger charge is -2.10. The molecule has 2 nitrogen and oxygen atoms in total. The fourth-order valence-electron chi connectivity index (χ4n) is 2.39. The third kappa shape index (κ3) is 2.08. The van der Waals surface area contributed by atoms with Crippen molar-refractivity contribution in [3.8, 4) is 5.69 Å². The molecule has 0 fully saturated rings. The van der Waals surface area contributed by atoms with Gasteiger partial charge in [0, 0.05) is 0 Å². The molecule has 4 heteroatoms. The minimum absolute atomic E-state index is 0.237. The minimum Gasteiger partial charge on any atom is -0.292 e. The quantitative estimate of drug-likeness (QED) is 0.634. The first-order chi connectivity index (χ1) is 9.60. The van der Waals surface area contributed by atoms with Crippen molar-refractivity contribution in [2.45, 2.75) is 19.7 Å². The Morgan fingerprint density at radius 3 is 2.55 bits per heavy atom. The summed E-state index contributed by atoms with van der Waals surface area (Å²) in [5.41, 5.74) is 4.31. The lowest BCUT2D eigenvalue weighted by Crippen LogP contribution is -2.02. The highest BCUT2D eigenvalue weighted by atomic mass is 35.5. The van der Waals surface area contributed by atoms with Crippen molar-refractivity contribution in [3.05, 3.63) is 59.2 Å². The number of halogens is 2. The molecule has 0 aliphatic rings. The first kappa shape index (κ1) is 13.1. The van der Waals surface area contributed by atoms with Crippen LogP contribution in [0.5, 0.6) is 0 Å². The van der Waals surface area contributed by atoms with Gasteiger partial charge in [-0.25, -0.2) is 9.37 Å². The van der Waals surface area contributed by atoms with E-state index in [9.17, 15) is 4.39 Å². The second-order valence-corrected chi connectivity index (χ2v) is 5.21. The molecule has 102 valence electrons. The van der Waals surface area contributed by atoms with Gasteiger partial charge in [-0.2, -0.15) is 0 Å². The number of nitrogens with zero attached hydrogens (tertiary/aromatic N) is 2. The number of aryl methyl sites for hydroxylation is 2. The van der Waals surface area contributed by atoms with Gasteiger partial charge in [0.05, 0.1) is 22.6 Å². The van der Waals surface area contributed by atoms with Gasteiger partial charge in [-0.15, -0.1) is 11.6 Å². The molecule has 0 aliphatic carbocycles. The summed E-state index contributed by atoms with van der Waals surface area (Å²) in [6.07, 6.45) is 0. The van der Waals surface area contributed by atoms with E-state index in [1.54, 1.807) is 10.6 Å². The number of alkyl halides is 1. The molecule has 0 aliphatic heterocycles. The van der Waals surface area contributed by atoms with Crippen LogP contribution in [-0.4, -0.2) is 9.55 Å². The largest absolute Gasteiger partial charge is 0.292 e. The Morgan fingerprint density at radius 1 is 1.10 bits per heavy atom. The van der Waals surface area contributed by atoms with Crippen molar-refractivity contribution < 1.29 is 4.39 Å². The molecule has 1 aromatic heterocycles. The smallest absolute Gasteiger partial charge is 0.147 e. The summed E-state index contributed by atoms with van der Waals surface area (Å²) in [5.74, 6) is 0.611. The third-order valence-corrected chi connectivity index (χ3v) is 3.58. The van der Waals surface area contributed by atoms with Crippen molar-refractivity contribution in [1.82, 2.24) is 9.55 Å². The molecule has 3 rings (SSSR count). The molecule has 0 atom stereocenters. The Kier molecular flexibility index (Phi) is 3.22. The standard InChI is InChI=1S/C16H14ClFN2/c1-10-4-6-14-13(7-10)19-16(9-17)20(14)15-8-11(2)3-5-12(15)18/h3-8H,9H2,1-2H3. The summed E-state index contributed by atoms with van der Waals surface area (Å²) < 4.78 is 16.0. The molecule has 2 aromatic carbocycles. The Bertz CT molecular complexity index is 793. The van der Waals surface area contributed by atoms with Crippen LogP contribution < -0.4 is 0 Å². The molecular formula is C16H14ClFN2. The van der Waals surface area contributed by atoms with Crippen LogP contribution in [0.2, 0.25) is 0 Å². The molecule has 3 aromatic rings. The van der Waals surface area contributed by atoms with Gasteiger partial charge in [-0.3, -0.25) is 4.57 Å². The Morgan fingerprint density at radius 2 is 1.80 bits per heavy atom. The van der Waals surface area contributed by atoms with Crippen LogP contribution in [0.4, 0.5) is 4.39 Å². The van der Waals surface area contributed by atoms with E-state index in [2.05, 4.69) is 4.98 Å². The van der Waals surface area contributed by atoms with Crippen LogP contribution in [0, 0.1) is 19.7 Å². The van der Waals surface area contributed by atoms with Crippen molar-refractivity contribution >= 4 is 22.6 Å². The zero-order valence-electron chi connectivity index (χ0n) is 11.3. The monoisotopic (exact) mass is 288 g/mol. The maximum atomic E-state index is 14.2. The first-order valence-corrected chi connectivity index (χ1v) is 6.94. The first-order valence-electron chi connectivity index (χ1n) is 6.40. The highest BCUT2D eigenvalue weighted by Crippen LogP contribution is 2.25. The van der Waals surface area contributed by atoms with E-state index in [4.69, 9.17) is 11.6 Å². The molecular weight excluding hydrogens is 275 g/mol. The average molecular weight is 289 g/mol. The predicted octanol–water partition coefficient (Wildman–Crippen LogP) is 4.52. The van der Waals surface area contributed by atoms with Gasteiger partial charge in [0.1, 0.15) is 11.6 Å². The van der Waals surface area contributed by atoms with E-state index in [-0.39, 0.29) is 11.7 Å². The summed E-state index contributed by atoms with van der Waals surface area (Å²) in [4.78, 5) is 4.50. The van der Waals surface area contributed by atoms with E-state index >= 15 is 0 Å². The second-order valence-electron chi connectivity index (χ2n) is 4.94. The van der Waals surface area contributed by atoms with Crippen molar-refractivity contribution in [2.24, 2.45) is 0 Å². The van der Waals surface area contributed by atoms with Gasteiger partial charge in [0.25, 0.3) is 0 Å². The number of rotatable bonds is 2. The average Bonchev–Trinajstić information content (AvgIpc) is 2.78. The molecule has 0 amide bonds. The van der Waals surface area contributed by atoms with Gasteiger partial charge < -0.3 is 0 Å². The fraction of sp³-hybridized carbons (Fsp3) is 0.188. The topological polar surface area (TPSA) is 17.8 Å². The van der Waals surface area contributed by atoms with Gasteiger partial charge >= 0.3 is 0 Å². The third-order valence-electron chi connectivity index (χ3n) is 3.34. The zero-order chi connectivity index (χ0) is 14.3. The summed E-state index contributed by atoms with van der Waals surface area (Å²) >= 11 is 5.98. The second kappa shape index (κ2) is 4.91. The van der Waals surface area contributed by atoms with Crippen LogP contribution >= 0.6 is 11.6 Å². The van der Waals surface area contributed by atoms with Crippen LogP contribution in [0.3, 0.4) is 0 Å². The van der Waals surface area contributed by atoms with Gasteiger partial charge in [-0.05, 0) is 49.2 Å². The van der Waals surface area contributed by atoms with Crippen molar-refractivity contribution in [2.75, 3.05) is 0 Å². The molecule has 0 saturated heterocycles. The lowest BCUT2D eigenvalue weighted by molar-refractivity contribution is 0.617. The summed E-state index contributed by atoms with van der Waals surface area (Å²) in [7, 11) is 0. The number of hydrogen-bond donors (Lipinski definition) is 0. The van der Waals surface area contributed by atoms with Crippen molar-refractivity contribution in [1.29, 1.82) is 0 Å². The molecule has 0 radical (unpaired) electrons. The van der Waals surface area contributed by atoms with E-state index in [1.807, 2.05) is 38.1 Å². The number of hydrogen-bond acceptors (Lipinski definition) is 1. The molecule has 20 heavy (non-hydrogen) atoms. The summed E-state index contributed by atoms with van der Waals surface area (Å²) in [6.45, 7) is 3.94. The zero-order valence-corrected chi connectivity index (χ0v) is 12.1. The molecule has 0 unspecified atom stereocenters. The molecule has 0 saturated carbocycles. The van der Waals surface area contributed by atoms with Gasteiger partial charge in [-0.1, -0.05) is 12.1 Å². The number of fused-ring (bicyclic) bond motifs is 1. The predicted molar refractivity (Wildman–Crippen MR) is 80.1 cm³/mol. The number of benzene rings is 2. The van der Waals surface area contributed by atoms with E-state index < -0.39 is 0 Å². The Balaban J connectivity index is 2.37. The normalized spacial score (nSPS) is 11.2. The van der Waals surface area contributed by atoms with Gasteiger partial charge in [0.2, 0.25) is 0 Å². The maximum Gasteiger partial charge on any atom is 0.147 e. The highest BCUT2D eigenvalue weighted by molar-refractivity contribution is 6.17. The van der Waals surface area contributed by atoms with E-state index in [0.29, 0.717) is 11.5 Å². The van der Waals surface area contributed by atoms with Crippen LogP contribution in [0.1, 0.15) is 17.0 Å². The van der Waals surface area contributed by atoms with Crippen molar-refractivity contribution in [3.63, 3.8) is 0 Å². The van der Waals surface area contributed by atoms with E-state index in [1.165, 1.54) is 6.07 Å². The minimum atomic E-state index is -0.276. The maximum absolute atomic E-state index is 14.2. The summed E-state index contributed by atoms with van der Waals surface area (Å²) in [5, 5.41) is 0. The lowest BCUT2D eigenvalue weighted by atomic mass is 10.2.